The second-order valence-corrected chi connectivity index (χ2v) is 6.92. The van der Waals surface area contributed by atoms with Gasteiger partial charge in [-0.05, 0) is 30.4 Å². The van der Waals surface area contributed by atoms with E-state index in [0.29, 0.717) is 6.42 Å². The SMILES string of the molecule is CC(C)C[C@H](NC(=O)C(C)(c1ccccc1)c1ccccc1)C(N)=O. The molecule has 1 atom stereocenters. The van der Waals surface area contributed by atoms with Gasteiger partial charge in [0, 0.05) is 0 Å². The van der Waals surface area contributed by atoms with Gasteiger partial charge in [-0.25, -0.2) is 0 Å². The molecule has 0 radical (unpaired) electrons. The quantitative estimate of drug-likeness (QED) is 0.814. The van der Waals surface area contributed by atoms with Crippen LogP contribution in [0.4, 0.5) is 0 Å². The summed E-state index contributed by atoms with van der Waals surface area (Å²) < 4.78 is 0. The number of amides is 2. The average molecular weight is 338 g/mol. The lowest BCUT2D eigenvalue weighted by Crippen LogP contribution is -2.52. The van der Waals surface area contributed by atoms with E-state index < -0.39 is 17.4 Å². The number of hydrogen-bond acceptors (Lipinski definition) is 2. The standard InChI is InChI=1S/C21H26N2O2/c1-15(2)14-18(19(22)24)23-20(25)21(3,16-10-6-4-7-11-16)17-12-8-5-9-13-17/h4-13,15,18H,14H2,1-3H3,(H2,22,24)(H,23,25)/t18-/m0/s1. The molecule has 132 valence electrons. The summed E-state index contributed by atoms with van der Waals surface area (Å²) >= 11 is 0. The molecule has 2 amide bonds. The Morgan fingerprint density at radius 2 is 1.40 bits per heavy atom. The second-order valence-electron chi connectivity index (χ2n) is 6.92. The van der Waals surface area contributed by atoms with Crippen molar-refractivity contribution in [3.05, 3.63) is 71.8 Å². The van der Waals surface area contributed by atoms with Crippen LogP contribution in [0, 0.1) is 5.92 Å². The van der Waals surface area contributed by atoms with E-state index in [0.717, 1.165) is 11.1 Å². The van der Waals surface area contributed by atoms with Crippen molar-refractivity contribution in [3.8, 4) is 0 Å². The predicted octanol–water partition coefficient (Wildman–Crippen LogP) is 3.01. The van der Waals surface area contributed by atoms with Gasteiger partial charge in [-0.1, -0.05) is 74.5 Å². The van der Waals surface area contributed by atoms with Gasteiger partial charge < -0.3 is 11.1 Å². The first kappa shape index (κ1) is 18.7. The summed E-state index contributed by atoms with van der Waals surface area (Å²) in [5, 5.41) is 2.87. The van der Waals surface area contributed by atoms with Crippen molar-refractivity contribution in [2.75, 3.05) is 0 Å². The van der Waals surface area contributed by atoms with Crippen LogP contribution in [0.3, 0.4) is 0 Å². The molecule has 0 spiro atoms. The molecule has 0 saturated heterocycles. The monoisotopic (exact) mass is 338 g/mol. The maximum Gasteiger partial charge on any atom is 0.240 e. The fourth-order valence-electron chi connectivity index (χ4n) is 2.99. The van der Waals surface area contributed by atoms with Gasteiger partial charge >= 0.3 is 0 Å². The third kappa shape index (κ3) is 4.27. The summed E-state index contributed by atoms with van der Waals surface area (Å²) in [6, 6.07) is 18.5. The molecule has 4 heteroatoms. The van der Waals surface area contributed by atoms with E-state index in [9.17, 15) is 9.59 Å². The lowest BCUT2D eigenvalue weighted by Gasteiger charge is -2.31. The van der Waals surface area contributed by atoms with E-state index in [2.05, 4.69) is 5.32 Å². The molecule has 0 unspecified atom stereocenters. The van der Waals surface area contributed by atoms with E-state index in [1.807, 2.05) is 81.4 Å². The van der Waals surface area contributed by atoms with Crippen LogP contribution < -0.4 is 11.1 Å². The third-order valence-electron chi connectivity index (χ3n) is 4.51. The number of nitrogens with two attached hydrogens (primary N) is 1. The zero-order valence-electron chi connectivity index (χ0n) is 15.0. The Balaban J connectivity index is 2.42. The summed E-state index contributed by atoms with van der Waals surface area (Å²) in [5.74, 6) is -0.489. The Hall–Kier alpha value is -2.62. The second kappa shape index (κ2) is 7.97. The minimum absolute atomic E-state index is 0.227. The number of hydrogen-bond donors (Lipinski definition) is 2. The lowest BCUT2D eigenvalue weighted by molar-refractivity contribution is -0.130. The number of benzene rings is 2. The molecule has 0 aliphatic rings. The maximum absolute atomic E-state index is 13.2. The molecule has 0 saturated carbocycles. The van der Waals surface area contributed by atoms with E-state index in [1.54, 1.807) is 0 Å². The first-order valence-corrected chi connectivity index (χ1v) is 8.57. The van der Waals surface area contributed by atoms with Gasteiger partial charge in [-0.3, -0.25) is 9.59 Å². The van der Waals surface area contributed by atoms with Gasteiger partial charge in [0.2, 0.25) is 11.8 Å². The first-order valence-electron chi connectivity index (χ1n) is 8.57. The van der Waals surface area contributed by atoms with Crippen molar-refractivity contribution in [2.45, 2.75) is 38.6 Å². The third-order valence-corrected chi connectivity index (χ3v) is 4.51. The van der Waals surface area contributed by atoms with Crippen LogP contribution in [-0.2, 0) is 15.0 Å². The minimum Gasteiger partial charge on any atom is -0.368 e. The summed E-state index contributed by atoms with van der Waals surface area (Å²) in [4.78, 5) is 25.0. The summed E-state index contributed by atoms with van der Waals surface area (Å²) in [7, 11) is 0. The Morgan fingerprint density at radius 3 is 1.76 bits per heavy atom. The Morgan fingerprint density at radius 1 is 0.960 bits per heavy atom. The van der Waals surface area contributed by atoms with E-state index in [-0.39, 0.29) is 11.8 Å². The van der Waals surface area contributed by atoms with Crippen LogP contribution in [0.5, 0.6) is 0 Å². The van der Waals surface area contributed by atoms with Crippen molar-refractivity contribution < 1.29 is 9.59 Å². The molecule has 0 bridgehead atoms. The molecule has 0 aromatic heterocycles. The maximum atomic E-state index is 13.2. The van der Waals surface area contributed by atoms with Crippen LogP contribution >= 0.6 is 0 Å². The van der Waals surface area contributed by atoms with Gasteiger partial charge in [0.05, 0.1) is 5.41 Å². The Labute approximate surface area is 149 Å². The van der Waals surface area contributed by atoms with Crippen LogP contribution in [-0.4, -0.2) is 17.9 Å². The fourth-order valence-corrected chi connectivity index (χ4v) is 2.99. The number of primary amides is 1. The largest absolute Gasteiger partial charge is 0.368 e. The number of carbonyl (C=O) groups excluding carboxylic acids is 2. The number of rotatable bonds is 7. The average Bonchev–Trinajstić information content (AvgIpc) is 2.61. The van der Waals surface area contributed by atoms with E-state index in [1.165, 1.54) is 0 Å². The highest BCUT2D eigenvalue weighted by Gasteiger charge is 2.38. The molecule has 2 aromatic rings. The van der Waals surface area contributed by atoms with Gasteiger partial charge in [-0.15, -0.1) is 0 Å². The molecular formula is C21H26N2O2. The molecule has 0 aliphatic heterocycles. The summed E-state index contributed by atoms with van der Waals surface area (Å²) in [6.45, 7) is 5.87. The van der Waals surface area contributed by atoms with Crippen LogP contribution in [0.2, 0.25) is 0 Å². The Bertz CT molecular complexity index is 672. The molecule has 2 rings (SSSR count). The summed E-state index contributed by atoms with van der Waals surface area (Å²) in [6.07, 6.45) is 0.515. The first-order chi connectivity index (χ1) is 11.9. The minimum atomic E-state index is -0.910. The van der Waals surface area contributed by atoms with Crippen molar-refractivity contribution in [1.82, 2.24) is 5.32 Å². The van der Waals surface area contributed by atoms with Gasteiger partial charge in [0.1, 0.15) is 6.04 Å². The zero-order valence-corrected chi connectivity index (χ0v) is 15.0. The van der Waals surface area contributed by atoms with Crippen LogP contribution in [0.25, 0.3) is 0 Å². The highest BCUT2D eigenvalue weighted by Crippen LogP contribution is 2.32. The number of carbonyl (C=O) groups is 2. The highest BCUT2D eigenvalue weighted by molar-refractivity contribution is 5.95. The smallest absolute Gasteiger partial charge is 0.240 e. The van der Waals surface area contributed by atoms with Crippen molar-refractivity contribution in [2.24, 2.45) is 11.7 Å². The number of nitrogens with one attached hydrogen (secondary N) is 1. The van der Waals surface area contributed by atoms with Crippen LogP contribution in [0.1, 0.15) is 38.3 Å². The predicted molar refractivity (Wildman–Crippen MR) is 99.9 cm³/mol. The lowest BCUT2D eigenvalue weighted by atomic mass is 9.75. The molecule has 2 aromatic carbocycles. The Kier molecular flexibility index (Phi) is 5.97. The topological polar surface area (TPSA) is 72.2 Å². The highest BCUT2D eigenvalue weighted by atomic mass is 16.2. The normalized spacial score (nSPS) is 12.6. The van der Waals surface area contributed by atoms with E-state index in [4.69, 9.17) is 5.73 Å². The van der Waals surface area contributed by atoms with Crippen molar-refractivity contribution in [1.29, 1.82) is 0 Å². The van der Waals surface area contributed by atoms with Gasteiger partial charge in [-0.2, -0.15) is 0 Å². The van der Waals surface area contributed by atoms with E-state index >= 15 is 0 Å². The van der Waals surface area contributed by atoms with Gasteiger partial charge in [0.15, 0.2) is 0 Å². The van der Waals surface area contributed by atoms with Crippen LogP contribution in [0.15, 0.2) is 60.7 Å². The molecule has 0 heterocycles. The molecule has 4 nitrogen and oxygen atoms in total. The molecule has 3 N–H and O–H groups in total. The molecule has 0 fully saturated rings. The van der Waals surface area contributed by atoms with Crippen molar-refractivity contribution in [3.63, 3.8) is 0 Å². The summed E-state index contributed by atoms with van der Waals surface area (Å²) in [5.41, 5.74) is 6.32. The molecule has 0 aliphatic carbocycles. The van der Waals surface area contributed by atoms with Crippen molar-refractivity contribution >= 4 is 11.8 Å². The molecular weight excluding hydrogens is 312 g/mol. The zero-order chi connectivity index (χ0) is 18.4. The fraction of sp³-hybridized carbons (Fsp3) is 0.333. The molecule has 25 heavy (non-hydrogen) atoms. The van der Waals surface area contributed by atoms with Gasteiger partial charge in [0.25, 0.3) is 0 Å².